The smallest absolute Gasteiger partial charge is 0.128 e. The van der Waals surface area contributed by atoms with E-state index in [2.05, 4.69) is 16.8 Å². The second-order valence-corrected chi connectivity index (χ2v) is 5.25. The van der Waals surface area contributed by atoms with Crippen LogP contribution in [0.1, 0.15) is 44.6 Å². The molecule has 1 aromatic heterocycles. The van der Waals surface area contributed by atoms with E-state index < -0.39 is 0 Å². The Balaban J connectivity index is 2.00. The van der Waals surface area contributed by atoms with Crippen LogP contribution in [0.3, 0.4) is 0 Å². The van der Waals surface area contributed by atoms with Crippen LogP contribution >= 0.6 is 0 Å². The van der Waals surface area contributed by atoms with Crippen LogP contribution in [0.5, 0.6) is 0 Å². The number of anilines is 1. The van der Waals surface area contributed by atoms with Gasteiger partial charge < -0.3 is 10.0 Å². The lowest BCUT2D eigenvalue weighted by molar-refractivity contribution is 0.281. The maximum absolute atomic E-state index is 9.18. The van der Waals surface area contributed by atoms with Crippen molar-refractivity contribution in [1.29, 1.82) is 0 Å². The molecule has 1 fully saturated rings. The minimum atomic E-state index is 0.0990. The highest BCUT2D eigenvalue weighted by Crippen LogP contribution is 2.24. The monoisotopic (exact) mass is 248 g/mol. The average molecular weight is 248 g/mol. The molecule has 0 bridgehead atoms. The van der Waals surface area contributed by atoms with Crippen LogP contribution in [0.15, 0.2) is 18.3 Å². The third kappa shape index (κ3) is 3.45. The zero-order chi connectivity index (χ0) is 12.8. The number of nitrogens with zero attached hydrogens (tertiary/aromatic N) is 2. The average Bonchev–Trinajstić information content (AvgIpc) is 2.65. The van der Waals surface area contributed by atoms with E-state index in [0.717, 1.165) is 30.4 Å². The van der Waals surface area contributed by atoms with Crippen molar-refractivity contribution >= 4 is 5.82 Å². The van der Waals surface area contributed by atoms with E-state index >= 15 is 0 Å². The van der Waals surface area contributed by atoms with E-state index in [1.165, 1.54) is 32.1 Å². The van der Waals surface area contributed by atoms with Crippen molar-refractivity contribution in [3.05, 3.63) is 23.9 Å². The SMILES string of the molecule is CCCC1CCCN(c2cc(CO)ccn2)CC1. The molecule has 3 heteroatoms. The summed E-state index contributed by atoms with van der Waals surface area (Å²) in [6.45, 7) is 4.57. The van der Waals surface area contributed by atoms with Gasteiger partial charge >= 0.3 is 0 Å². The highest BCUT2D eigenvalue weighted by molar-refractivity contribution is 5.40. The van der Waals surface area contributed by atoms with Gasteiger partial charge in [0.05, 0.1) is 6.61 Å². The molecule has 1 aromatic rings. The van der Waals surface area contributed by atoms with Gasteiger partial charge in [0.2, 0.25) is 0 Å². The van der Waals surface area contributed by atoms with Crippen LogP contribution in [-0.4, -0.2) is 23.2 Å². The standard InChI is InChI=1S/C15H24N2O/c1-2-4-13-5-3-9-17(10-7-13)15-11-14(12-18)6-8-16-15/h6,8,11,13,18H,2-5,7,9-10,12H2,1H3. The second kappa shape index (κ2) is 6.74. The molecule has 1 aliphatic heterocycles. The molecule has 1 N–H and O–H groups in total. The minimum Gasteiger partial charge on any atom is -0.392 e. The Morgan fingerprint density at radius 2 is 2.28 bits per heavy atom. The maximum Gasteiger partial charge on any atom is 0.128 e. The molecule has 0 amide bonds. The Morgan fingerprint density at radius 3 is 3.06 bits per heavy atom. The molecule has 100 valence electrons. The predicted molar refractivity (Wildman–Crippen MR) is 74.6 cm³/mol. The Hall–Kier alpha value is -1.09. The Labute approximate surface area is 110 Å². The van der Waals surface area contributed by atoms with Gasteiger partial charge in [-0.2, -0.15) is 0 Å². The van der Waals surface area contributed by atoms with Crippen molar-refractivity contribution < 1.29 is 5.11 Å². The molecule has 1 atom stereocenters. The van der Waals surface area contributed by atoms with Crippen LogP contribution in [0, 0.1) is 5.92 Å². The molecule has 0 saturated carbocycles. The third-order valence-corrected chi connectivity index (χ3v) is 3.86. The van der Waals surface area contributed by atoms with Crippen LogP contribution in [0.4, 0.5) is 5.82 Å². The minimum absolute atomic E-state index is 0.0990. The van der Waals surface area contributed by atoms with Crippen LogP contribution < -0.4 is 4.90 Å². The van der Waals surface area contributed by atoms with Gasteiger partial charge in [-0.25, -0.2) is 4.98 Å². The largest absolute Gasteiger partial charge is 0.392 e. The van der Waals surface area contributed by atoms with Crippen molar-refractivity contribution in [3.63, 3.8) is 0 Å². The van der Waals surface area contributed by atoms with Crippen LogP contribution in [0.25, 0.3) is 0 Å². The summed E-state index contributed by atoms with van der Waals surface area (Å²) in [5.74, 6) is 1.92. The Kier molecular flexibility index (Phi) is 5.00. The second-order valence-electron chi connectivity index (χ2n) is 5.25. The Morgan fingerprint density at radius 1 is 1.39 bits per heavy atom. The summed E-state index contributed by atoms with van der Waals surface area (Å²) in [5, 5.41) is 9.18. The molecule has 1 aliphatic rings. The normalized spacial score (nSPS) is 20.8. The zero-order valence-corrected chi connectivity index (χ0v) is 11.3. The number of aromatic nitrogens is 1. The van der Waals surface area contributed by atoms with Crippen molar-refractivity contribution in [2.24, 2.45) is 5.92 Å². The van der Waals surface area contributed by atoms with Gasteiger partial charge in [0.15, 0.2) is 0 Å². The fourth-order valence-corrected chi connectivity index (χ4v) is 2.82. The zero-order valence-electron chi connectivity index (χ0n) is 11.3. The summed E-state index contributed by atoms with van der Waals surface area (Å²) in [7, 11) is 0. The quantitative estimate of drug-likeness (QED) is 0.890. The van der Waals surface area contributed by atoms with E-state index in [4.69, 9.17) is 0 Å². The van der Waals surface area contributed by atoms with E-state index in [9.17, 15) is 5.11 Å². The predicted octanol–water partition coefficient (Wildman–Crippen LogP) is 2.98. The summed E-state index contributed by atoms with van der Waals surface area (Å²) < 4.78 is 0. The van der Waals surface area contributed by atoms with Crippen molar-refractivity contribution in [2.75, 3.05) is 18.0 Å². The molecule has 0 aromatic carbocycles. The fourth-order valence-electron chi connectivity index (χ4n) is 2.82. The molecule has 2 rings (SSSR count). The highest BCUT2D eigenvalue weighted by Gasteiger charge is 2.17. The summed E-state index contributed by atoms with van der Waals surface area (Å²) in [4.78, 5) is 6.81. The molecule has 0 aliphatic carbocycles. The third-order valence-electron chi connectivity index (χ3n) is 3.86. The van der Waals surface area contributed by atoms with E-state index in [1.807, 2.05) is 12.1 Å². The number of aliphatic hydroxyl groups is 1. The molecule has 18 heavy (non-hydrogen) atoms. The number of hydrogen-bond donors (Lipinski definition) is 1. The van der Waals surface area contributed by atoms with E-state index in [1.54, 1.807) is 6.20 Å². The lowest BCUT2D eigenvalue weighted by Gasteiger charge is -2.22. The van der Waals surface area contributed by atoms with Crippen LogP contribution in [-0.2, 0) is 6.61 Å². The van der Waals surface area contributed by atoms with Gasteiger partial charge in [-0.15, -0.1) is 0 Å². The van der Waals surface area contributed by atoms with Gasteiger partial charge in [0.1, 0.15) is 5.82 Å². The summed E-state index contributed by atoms with van der Waals surface area (Å²) in [6, 6.07) is 3.89. The Bertz CT molecular complexity index is 367. The summed E-state index contributed by atoms with van der Waals surface area (Å²) in [6.07, 6.45) is 8.34. The first-order valence-corrected chi connectivity index (χ1v) is 7.14. The molecule has 0 radical (unpaired) electrons. The lowest BCUT2D eigenvalue weighted by Crippen LogP contribution is -2.25. The van der Waals surface area contributed by atoms with Gasteiger partial charge in [0, 0.05) is 19.3 Å². The first kappa shape index (κ1) is 13.3. The van der Waals surface area contributed by atoms with Crippen molar-refractivity contribution in [2.45, 2.75) is 45.6 Å². The highest BCUT2D eigenvalue weighted by atomic mass is 16.3. The van der Waals surface area contributed by atoms with Crippen molar-refractivity contribution in [1.82, 2.24) is 4.98 Å². The maximum atomic E-state index is 9.18. The summed E-state index contributed by atoms with van der Waals surface area (Å²) >= 11 is 0. The number of aliphatic hydroxyl groups excluding tert-OH is 1. The molecular weight excluding hydrogens is 224 g/mol. The molecule has 0 spiro atoms. The number of pyridine rings is 1. The topological polar surface area (TPSA) is 36.4 Å². The first-order chi connectivity index (χ1) is 8.83. The lowest BCUT2D eigenvalue weighted by atomic mass is 9.96. The van der Waals surface area contributed by atoms with E-state index in [-0.39, 0.29) is 6.61 Å². The molecule has 3 nitrogen and oxygen atoms in total. The van der Waals surface area contributed by atoms with E-state index in [0.29, 0.717) is 0 Å². The molecule has 1 unspecified atom stereocenters. The van der Waals surface area contributed by atoms with Gasteiger partial charge in [-0.3, -0.25) is 0 Å². The molecule has 2 heterocycles. The van der Waals surface area contributed by atoms with Gasteiger partial charge in [0.25, 0.3) is 0 Å². The van der Waals surface area contributed by atoms with Gasteiger partial charge in [-0.05, 0) is 42.9 Å². The molecule has 1 saturated heterocycles. The fraction of sp³-hybridized carbons (Fsp3) is 0.667. The molecular formula is C15H24N2O. The summed E-state index contributed by atoms with van der Waals surface area (Å²) in [5.41, 5.74) is 0.953. The van der Waals surface area contributed by atoms with Crippen LogP contribution in [0.2, 0.25) is 0 Å². The van der Waals surface area contributed by atoms with Crippen molar-refractivity contribution in [3.8, 4) is 0 Å². The number of rotatable bonds is 4. The van der Waals surface area contributed by atoms with Gasteiger partial charge in [-0.1, -0.05) is 19.8 Å². The number of hydrogen-bond acceptors (Lipinski definition) is 3. The first-order valence-electron chi connectivity index (χ1n) is 7.14.